The number of aryl methyl sites for hydroxylation is 1. The molecule has 0 radical (unpaired) electrons. The van der Waals surface area contributed by atoms with Crippen molar-refractivity contribution in [2.24, 2.45) is 0 Å². The minimum Gasteiger partial charge on any atom is -0.342 e. The molecule has 0 atom stereocenters. The molecule has 22 heavy (non-hydrogen) atoms. The van der Waals surface area contributed by atoms with Crippen LogP contribution in [0.4, 0.5) is 5.69 Å². The maximum Gasteiger partial charge on any atom is 0.313 e. The number of carbonyl (C=O) groups is 2. The number of aromatic nitrogens is 4. The molecule has 9 heteroatoms. The minimum atomic E-state index is -0.764. The maximum atomic E-state index is 11.8. The van der Waals surface area contributed by atoms with Gasteiger partial charge in [-0.25, -0.2) is 14.5 Å². The molecular formula is C13H12N6O2S. The number of carbonyl (C=O) groups excluding carboxylic acids is 2. The van der Waals surface area contributed by atoms with Gasteiger partial charge < -0.3 is 10.6 Å². The number of hydrogen-bond donors (Lipinski definition) is 2. The van der Waals surface area contributed by atoms with Crippen LogP contribution in [-0.4, -0.2) is 31.4 Å². The monoisotopic (exact) mass is 316 g/mol. The molecule has 3 aromatic heterocycles. The fraction of sp³-hybridized carbons (Fsp3) is 0.154. The Hall–Kier alpha value is -2.81. The topological polar surface area (TPSA) is 101 Å². The molecule has 0 aliphatic heterocycles. The molecule has 0 fully saturated rings. The highest BCUT2D eigenvalue weighted by Crippen LogP contribution is 2.10. The van der Waals surface area contributed by atoms with Gasteiger partial charge in [-0.3, -0.25) is 9.59 Å². The Kier molecular flexibility index (Phi) is 3.79. The number of amides is 2. The van der Waals surface area contributed by atoms with E-state index in [9.17, 15) is 9.59 Å². The Morgan fingerprint density at radius 1 is 1.27 bits per heavy atom. The number of nitrogens with one attached hydrogen (secondary N) is 2. The van der Waals surface area contributed by atoms with Crippen LogP contribution in [0.25, 0.3) is 5.65 Å². The molecule has 3 aromatic rings. The highest BCUT2D eigenvalue weighted by atomic mass is 32.1. The van der Waals surface area contributed by atoms with Crippen LogP contribution in [0.3, 0.4) is 0 Å². The smallest absolute Gasteiger partial charge is 0.313 e. The fourth-order valence-corrected chi connectivity index (χ4v) is 2.38. The van der Waals surface area contributed by atoms with Crippen LogP contribution in [0, 0.1) is 6.92 Å². The summed E-state index contributed by atoms with van der Waals surface area (Å²) in [6.45, 7) is 2.10. The van der Waals surface area contributed by atoms with Crippen LogP contribution in [0.15, 0.2) is 29.5 Å². The van der Waals surface area contributed by atoms with Crippen molar-refractivity contribution in [3.63, 3.8) is 0 Å². The lowest BCUT2D eigenvalue weighted by atomic mass is 10.4. The molecule has 0 aliphatic rings. The average Bonchev–Trinajstić information content (AvgIpc) is 3.15. The standard InChI is InChI=1S/C13H12N6O2S/c1-8-2-17-19-5-9(3-14-11(8)19)18-13(21)12(20)15-4-10-6-22-7-16-10/h2-3,5-7H,4H2,1H3,(H,15,20)(H,18,21). The van der Waals surface area contributed by atoms with E-state index >= 15 is 0 Å². The Labute approximate surface area is 129 Å². The number of rotatable bonds is 3. The van der Waals surface area contributed by atoms with Gasteiger partial charge in [-0.1, -0.05) is 0 Å². The van der Waals surface area contributed by atoms with Crippen LogP contribution >= 0.6 is 11.3 Å². The minimum absolute atomic E-state index is 0.214. The molecule has 2 N–H and O–H groups in total. The van der Waals surface area contributed by atoms with Crippen LogP contribution < -0.4 is 10.6 Å². The Balaban J connectivity index is 1.63. The number of hydrogen-bond acceptors (Lipinski definition) is 6. The van der Waals surface area contributed by atoms with Gasteiger partial charge in [0.1, 0.15) is 0 Å². The third kappa shape index (κ3) is 2.93. The Morgan fingerprint density at radius 2 is 2.14 bits per heavy atom. The van der Waals surface area contributed by atoms with Gasteiger partial charge in [0.15, 0.2) is 5.65 Å². The molecule has 8 nitrogen and oxygen atoms in total. The molecule has 0 bridgehead atoms. The summed E-state index contributed by atoms with van der Waals surface area (Å²) in [6, 6.07) is 0. The second-order valence-electron chi connectivity index (χ2n) is 4.55. The predicted molar refractivity (Wildman–Crippen MR) is 80.3 cm³/mol. The van der Waals surface area contributed by atoms with Crippen LogP contribution in [-0.2, 0) is 16.1 Å². The summed E-state index contributed by atoms with van der Waals surface area (Å²) >= 11 is 1.42. The van der Waals surface area contributed by atoms with E-state index in [1.165, 1.54) is 22.0 Å². The van der Waals surface area contributed by atoms with Crippen molar-refractivity contribution in [3.05, 3.63) is 40.7 Å². The first-order valence-electron chi connectivity index (χ1n) is 6.40. The molecule has 112 valence electrons. The molecule has 0 saturated heterocycles. The molecule has 0 aliphatic carbocycles. The van der Waals surface area contributed by atoms with E-state index in [-0.39, 0.29) is 6.54 Å². The second kappa shape index (κ2) is 5.90. The van der Waals surface area contributed by atoms with Crippen molar-refractivity contribution in [2.45, 2.75) is 13.5 Å². The van der Waals surface area contributed by atoms with Crippen molar-refractivity contribution in [1.29, 1.82) is 0 Å². The molecule has 0 spiro atoms. The first kappa shape index (κ1) is 14.1. The van der Waals surface area contributed by atoms with Crippen molar-refractivity contribution in [3.8, 4) is 0 Å². The largest absolute Gasteiger partial charge is 0.342 e. The number of anilines is 1. The first-order valence-corrected chi connectivity index (χ1v) is 7.34. The molecule has 0 unspecified atom stereocenters. The van der Waals surface area contributed by atoms with Crippen LogP contribution in [0.1, 0.15) is 11.3 Å². The van der Waals surface area contributed by atoms with Crippen molar-refractivity contribution in [2.75, 3.05) is 5.32 Å². The van der Waals surface area contributed by atoms with Gasteiger partial charge >= 0.3 is 11.8 Å². The third-order valence-corrected chi connectivity index (χ3v) is 3.55. The van der Waals surface area contributed by atoms with E-state index in [1.54, 1.807) is 23.3 Å². The summed E-state index contributed by atoms with van der Waals surface area (Å²) < 4.78 is 1.54. The lowest BCUT2D eigenvalue weighted by molar-refractivity contribution is -0.136. The van der Waals surface area contributed by atoms with Gasteiger partial charge in [0.05, 0.1) is 42.0 Å². The Morgan fingerprint density at radius 3 is 2.91 bits per heavy atom. The zero-order chi connectivity index (χ0) is 15.5. The van der Waals surface area contributed by atoms with E-state index < -0.39 is 11.8 Å². The van der Waals surface area contributed by atoms with Gasteiger partial charge in [0, 0.05) is 10.9 Å². The number of thiazole rings is 1. The summed E-state index contributed by atoms with van der Waals surface area (Å²) in [4.78, 5) is 31.7. The SMILES string of the molecule is Cc1cnn2cc(NC(=O)C(=O)NCc3cscn3)cnc12. The lowest BCUT2D eigenvalue weighted by Gasteiger charge is -2.05. The van der Waals surface area contributed by atoms with E-state index in [4.69, 9.17) is 0 Å². The van der Waals surface area contributed by atoms with Crippen LogP contribution in [0.5, 0.6) is 0 Å². The van der Waals surface area contributed by atoms with Crippen molar-refractivity contribution in [1.82, 2.24) is 24.9 Å². The number of nitrogens with zero attached hydrogens (tertiary/aromatic N) is 4. The normalized spacial score (nSPS) is 10.6. The summed E-state index contributed by atoms with van der Waals surface area (Å²) in [6.07, 6.45) is 4.76. The lowest BCUT2D eigenvalue weighted by Crippen LogP contribution is -2.35. The van der Waals surface area contributed by atoms with Gasteiger partial charge in [-0.05, 0) is 6.92 Å². The van der Waals surface area contributed by atoms with E-state index in [0.717, 1.165) is 5.56 Å². The highest BCUT2D eigenvalue weighted by Gasteiger charge is 2.14. The summed E-state index contributed by atoms with van der Waals surface area (Å²) in [5.41, 5.74) is 4.39. The van der Waals surface area contributed by atoms with Gasteiger partial charge in [-0.2, -0.15) is 5.10 Å². The molecular weight excluding hydrogens is 304 g/mol. The highest BCUT2D eigenvalue weighted by molar-refractivity contribution is 7.07. The third-order valence-electron chi connectivity index (χ3n) is 2.91. The fourth-order valence-electron chi connectivity index (χ4n) is 1.82. The molecule has 0 saturated carbocycles. The summed E-state index contributed by atoms with van der Waals surface area (Å²) in [7, 11) is 0. The molecule has 0 aromatic carbocycles. The predicted octanol–water partition coefficient (Wildman–Crippen LogP) is 0.749. The molecule has 2 amide bonds. The van der Waals surface area contributed by atoms with E-state index in [1.807, 2.05) is 6.92 Å². The van der Waals surface area contributed by atoms with Gasteiger partial charge in [0.25, 0.3) is 0 Å². The van der Waals surface area contributed by atoms with E-state index in [2.05, 4.69) is 25.7 Å². The van der Waals surface area contributed by atoms with Crippen molar-refractivity contribution >= 4 is 34.5 Å². The summed E-state index contributed by atoms with van der Waals surface area (Å²) in [5, 5.41) is 10.9. The zero-order valence-corrected chi connectivity index (χ0v) is 12.4. The Bertz CT molecular complexity index is 826. The van der Waals surface area contributed by atoms with Crippen molar-refractivity contribution < 1.29 is 9.59 Å². The van der Waals surface area contributed by atoms with E-state index in [0.29, 0.717) is 17.0 Å². The average molecular weight is 316 g/mol. The first-order chi connectivity index (χ1) is 10.6. The van der Waals surface area contributed by atoms with Gasteiger partial charge in [0.2, 0.25) is 0 Å². The molecule has 3 heterocycles. The maximum absolute atomic E-state index is 11.8. The quantitative estimate of drug-likeness (QED) is 0.694. The van der Waals surface area contributed by atoms with Gasteiger partial charge in [-0.15, -0.1) is 11.3 Å². The zero-order valence-electron chi connectivity index (χ0n) is 11.6. The number of fused-ring (bicyclic) bond motifs is 1. The van der Waals surface area contributed by atoms with Crippen LogP contribution in [0.2, 0.25) is 0 Å². The second-order valence-corrected chi connectivity index (χ2v) is 5.27. The molecule has 3 rings (SSSR count). The summed E-state index contributed by atoms with van der Waals surface area (Å²) in [5.74, 6) is -1.50.